The molecule has 2 rings (SSSR count). The number of likely N-dealkylation sites (N-methyl/N-ethyl adjacent to an activating group) is 1. The van der Waals surface area contributed by atoms with Gasteiger partial charge in [0.25, 0.3) is 5.91 Å². The van der Waals surface area contributed by atoms with Crippen molar-refractivity contribution in [3.63, 3.8) is 0 Å². The first-order chi connectivity index (χ1) is 12.5. The summed E-state index contributed by atoms with van der Waals surface area (Å²) in [7, 11) is 1.69. The molecule has 0 atom stereocenters. The summed E-state index contributed by atoms with van der Waals surface area (Å²) < 4.78 is 5.32. The molecule has 0 spiro atoms. The first kappa shape index (κ1) is 20.0. The number of benzene rings is 1. The lowest BCUT2D eigenvalue weighted by atomic mass is 10.2. The molecule has 138 valence electrons. The van der Waals surface area contributed by atoms with E-state index >= 15 is 0 Å². The Morgan fingerprint density at radius 3 is 2.62 bits per heavy atom. The average molecular weight is 396 g/mol. The van der Waals surface area contributed by atoms with Crippen molar-refractivity contribution in [3.05, 3.63) is 58.3 Å². The Labute approximate surface area is 162 Å². The summed E-state index contributed by atoms with van der Waals surface area (Å²) in [5.74, 6) is -0.240. The topological polar surface area (TPSA) is 71.5 Å². The summed E-state index contributed by atoms with van der Waals surface area (Å²) in [5, 5.41) is 3.32. The second-order valence-electron chi connectivity index (χ2n) is 5.56. The molecule has 2 amide bonds. The maximum Gasteiger partial charge on any atom is 0.258 e. The van der Waals surface area contributed by atoms with E-state index in [2.05, 4.69) is 10.3 Å². The second kappa shape index (κ2) is 9.99. The van der Waals surface area contributed by atoms with E-state index < -0.39 is 5.91 Å². The Morgan fingerprint density at radius 2 is 1.92 bits per heavy atom. The fraction of sp³-hybridized carbons (Fsp3) is 0.278. The number of ether oxygens (including phenoxy) is 1. The summed E-state index contributed by atoms with van der Waals surface area (Å²) in [6.45, 7) is 0.217. The van der Waals surface area contributed by atoms with Gasteiger partial charge in [-0.15, -0.1) is 0 Å². The van der Waals surface area contributed by atoms with Gasteiger partial charge in [0, 0.05) is 31.0 Å². The van der Waals surface area contributed by atoms with Crippen LogP contribution in [0.3, 0.4) is 0 Å². The highest BCUT2D eigenvalue weighted by Crippen LogP contribution is 2.27. The molecule has 1 aromatic carbocycles. The highest BCUT2D eigenvalue weighted by atomic mass is 35.5. The van der Waals surface area contributed by atoms with Gasteiger partial charge >= 0.3 is 0 Å². The molecule has 1 aromatic heterocycles. The van der Waals surface area contributed by atoms with E-state index in [1.54, 1.807) is 36.5 Å². The average Bonchev–Trinajstić information content (AvgIpc) is 2.64. The first-order valence-corrected chi connectivity index (χ1v) is 8.68. The summed E-state index contributed by atoms with van der Waals surface area (Å²) in [6.07, 6.45) is 4.14. The molecule has 0 bridgehead atoms. The number of carbonyl (C=O) groups excluding carboxylic acids is 2. The normalized spacial score (nSPS) is 10.3. The first-order valence-electron chi connectivity index (χ1n) is 7.93. The van der Waals surface area contributed by atoms with Crippen LogP contribution in [0.15, 0.2) is 42.7 Å². The molecule has 8 heteroatoms. The zero-order valence-corrected chi connectivity index (χ0v) is 15.8. The zero-order chi connectivity index (χ0) is 18.9. The van der Waals surface area contributed by atoms with E-state index in [0.29, 0.717) is 22.3 Å². The van der Waals surface area contributed by atoms with Gasteiger partial charge in [0.05, 0.1) is 11.6 Å². The van der Waals surface area contributed by atoms with Crippen LogP contribution in [0.2, 0.25) is 10.0 Å². The van der Waals surface area contributed by atoms with Gasteiger partial charge in [0.2, 0.25) is 5.91 Å². The molecule has 0 saturated heterocycles. The van der Waals surface area contributed by atoms with Crippen LogP contribution in [0.4, 0.5) is 0 Å². The molecule has 2 aromatic rings. The molecular weight excluding hydrogens is 377 g/mol. The van der Waals surface area contributed by atoms with Crippen molar-refractivity contribution in [3.8, 4) is 5.75 Å². The lowest BCUT2D eigenvalue weighted by molar-refractivity contribution is -0.132. The van der Waals surface area contributed by atoms with Crippen LogP contribution in [-0.4, -0.2) is 48.4 Å². The van der Waals surface area contributed by atoms with Crippen molar-refractivity contribution in [1.82, 2.24) is 15.2 Å². The Hall–Kier alpha value is -2.31. The Balaban J connectivity index is 1.69. The highest BCUT2D eigenvalue weighted by Gasteiger charge is 2.11. The molecule has 26 heavy (non-hydrogen) atoms. The number of amides is 2. The van der Waals surface area contributed by atoms with Crippen LogP contribution < -0.4 is 10.1 Å². The highest BCUT2D eigenvalue weighted by molar-refractivity contribution is 6.35. The Kier molecular flexibility index (Phi) is 7.69. The molecule has 1 N–H and O–H groups in total. The number of nitrogens with zero attached hydrogens (tertiary/aromatic N) is 2. The number of aromatic nitrogens is 1. The third-order valence-electron chi connectivity index (χ3n) is 3.60. The molecule has 0 saturated carbocycles. The van der Waals surface area contributed by atoms with Crippen LogP contribution in [-0.2, 0) is 16.0 Å². The van der Waals surface area contributed by atoms with E-state index in [9.17, 15) is 9.59 Å². The molecule has 1 heterocycles. The Bertz CT molecular complexity index is 757. The van der Waals surface area contributed by atoms with Crippen molar-refractivity contribution in [1.29, 1.82) is 0 Å². The number of rotatable bonds is 8. The molecule has 0 unspecified atom stereocenters. The largest absolute Gasteiger partial charge is 0.482 e. The van der Waals surface area contributed by atoms with E-state index in [-0.39, 0.29) is 19.1 Å². The number of carbonyl (C=O) groups is 2. The fourth-order valence-electron chi connectivity index (χ4n) is 2.07. The SMILES string of the molecule is CN(CCc1ccncc1)C(=O)CNC(=O)COc1ccc(Cl)cc1Cl. The smallest absolute Gasteiger partial charge is 0.258 e. The van der Waals surface area contributed by atoms with Crippen LogP contribution >= 0.6 is 23.2 Å². The molecule has 0 radical (unpaired) electrons. The van der Waals surface area contributed by atoms with Gasteiger partial charge in [-0.3, -0.25) is 14.6 Å². The van der Waals surface area contributed by atoms with Gasteiger partial charge in [-0.1, -0.05) is 23.2 Å². The third-order valence-corrected chi connectivity index (χ3v) is 4.13. The lowest BCUT2D eigenvalue weighted by Gasteiger charge is -2.17. The quantitative estimate of drug-likeness (QED) is 0.745. The van der Waals surface area contributed by atoms with Crippen molar-refractivity contribution in [2.45, 2.75) is 6.42 Å². The van der Waals surface area contributed by atoms with Crippen LogP contribution in [0.25, 0.3) is 0 Å². The molecular formula is C18H19Cl2N3O3. The molecule has 0 aliphatic heterocycles. The van der Waals surface area contributed by atoms with Gasteiger partial charge < -0.3 is 15.0 Å². The van der Waals surface area contributed by atoms with Gasteiger partial charge in [0.15, 0.2) is 6.61 Å². The summed E-state index contributed by atoms with van der Waals surface area (Å²) in [5.41, 5.74) is 1.09. The number of hydrogen-bond acceptors (Lipinski definition) is 4. The minimum absolute atomic E-state index is 0.0939. The third kappa shape index (κ3) is 6.54. The fourth-order valence-corrected chi connectivity index (χ4v) is 2.53. The second-order valence-corrected chi connectivity index (χ2v) is 6.40. The standard InChI is InChI=1S/C18H19Cl2N3O3/c1-23(9-6-13-4-7-21-8-5-13)18(25)11-22-17(24)12-26-16-3-2-14(19)10-15(16)20/h2-5,7-8,10H,6,9,11-12H2,1H3,(H,22,24). The minimum Gasteiger partial charge on any atom is -0.482 e. The maximum atomic E-state index is 12.1. The van der Waals surface area contributed by atoms with Crippen molar-refractivity contribution in [2.75, 3.05) is 26.7 Å². The van der Waals surface area contributed by atoms with Crippen LogP contribution in [0.5, 0.6) is 5.75 Å². The summed E-state index contributed by atoms with van der Waals surface area (Å²) >= 11 is 11.8. The van der Waals surface area contributed by atoms with Gasteiger partial charge in [-0.05, 0) is 42.3 Å². The predicted molar refractivity (Wildman–Crippen MR) is 101 cm³/mol. The van der Waals surface area contributed by atoms with Crippen LogP contribution in [0.1, 0.15) is 5.56 Å². The van der Waals surface area contributed by atoms with E-state index in [1.165, 1.54) is 6.07 Å². The van der Waals surface area contributed by atoms with Crippen molar-refractivity contribution < 1.29 is 14.3 Å². The van der Waals surface area contributed by atoms with E-state index in [1.807, 2.05) is 12.1 Å². The van der Waals surface area contributed by atoms with E-state index in [0.717, 1.165) is 12.0 Å². The number of nitrogens with one attached hydrogen (secondary N) is 1. The number of halogens is 2. The number of hydrogen-bond donors (Lipinski definition) is 1. The predicted octanol–water partition coefficient (Wildman–Crippen LogP) is 2.58. The van der Waals surface area contributed by atoms with E-state index in [4.69, 9.17) is 27.9 Å². The Morgan fingerprint density at radius 1 is 1.19 bits per heavy atom. The van der Waals surface area contributed by atoms with Crippen LogP contribution in [0, 0.1) is 0 Å². The van der Waals surface area contributed by atoms with Crippen molar-refractivity contribution >= 4 is 35.0 Å². The molecule has 6 nitrogen and oxygen atoms in total. The van der Waals surface area contributed by atoms with Crippen molar-refractivity contribution in [2.24, 2.45) is 0 Å². The van der Waals surface area contributed by atoms with Gasteiger partial charge in [-0.25, -0.2) is 0 Å². The van der Waals surface area contributed by atoms with Gasteiger partial charge in [-0.2, -0.15) is 0 Å². The summed E-state index contributed by atoms with van der Waals surface area (Å²) in [4.78, 5) is 29.4. The molecule has 0 aliphatic carbocycles. The summed E-state index contributed by atoms with van der Waals surface area (Å²) in [6, 6.07) is 8.52. The lowest BCUT2D eigenvalue weighted by Crippen LogP contribution is -2.40. The molecule has 0 aliphatic rings. The maximum absolute atomic E-state index is 12.1. The molecule has 0 fully saturated rings. The minimum atomic E-state index is -0.410. The van der Waals surface area contributed by atoms with Gasteiger partial charge in [0.1, 0.15) is 5.75 Å². The zero-order valence-electron chi connectivity index (χ0n) is 14.2. The monoisotopic (exact) mass is 395 g/mol. The number of pyridine rings is 1.